The highest BCUT2D eigenvalue weighted by molar-refractivity contribution is 5.89. The van der Waals surface area contributed by atoms with Crippen molar-refractivity contribution in [2.24, 2.45) is 5.10 Å². The molecule has 0 aliphatic heterocycles. The summed E-state index contributed by atoms with van der Waals surface area (Å²) in [6.07, 6.45) is 3.71. The lowest BCUT2D eigenvalue weighted by Crippen LogP contribution is -2.17. The fourth-order valence-corrected chi connectivity index (χ4v) is 2.12. The second-order valence-electron chi connectivity index (χ2n) is 5.19. The van der Waals surface area contributed by atoms with Gasteiger partial charge in [0, 0.05) is 25.0 Å². The molecule has 1 amide bonds. The summed E-state index contributed by atoms with van der Waals surface area (Å²) >= 11 is 0. The molecule has 138 valence electrons. The van der Waals surface area contributed by atoms with Gasteiger partial charge in [-0.05, 0) is 12.8 Å². The molecule has 0 bridgehead atoms. The molecule has 0 fully saturated rings. The van der Waals surface area contributed by atoms with Gasteiger partial charge < -0.3 is 19.3 Å². The number of carboxylic acid groups (broad SMARTS) is 1. The Morgan fingerprint density at radius 1 is 1.04 bits per heavy atom. The van der Waals surface area contributed by atoms with Crippen LogP contribution in [0.2, 0.25) is 0 Å². The zero-order valence-electron chi connectivity index (χ0n) is 14.7. The maximum atomic E-state index is 11.7. The maximum Gasteiger partial charge on any atom is 0.303 e. The van der Waals surface area contributed by atoms with Crippen LogP contribution in [0, 0.1) is 0 Å². The molecule has 0 unspecified atom stereocenters. The van der Waals surface area contributed by atoms with Gasteiger partial charge in [0.1, 0.15) is 17.2 Å². The summed E-state index contributed by atoms with van der Waals surface area (Å²) in [7, 11) is 4.57. The highest BCUT2D eigenvalue weighted by Gasteiger charge is 2.11. The van der Waals surface area contributed by atoms with Gasteiger partial charge in [0.05, 0.1) is 33.1 Å². The van der Waals surface area contributed by atoms with E-state index in [0.29, 0.717) is 42.1 Å². The Morgan fingerprint density at radius 2 is 1.64 bits per heavy atom. The molecule has 0 saturated carbocycles. The lowest BCUT2D eigenvalue weighted by atomic mass is 10.1. The fraction of sp³-hybridized carbons (Fsp3) is 0.471. The van der Waals surface area contributed by atoms with Gasteiger partial charge in [-0.1, -0.05) is 6.42 Å². The van der Waals surface area contributed by atoms with Crippen LogP contribution in [0.4, 0.5) is 0 Å². The number of aliphatic carboxylic acids is 1. The molecule has 25 heavy (non-hydrogen) atoms. The summed E-state index contributed by atoms with van der Waals surface area (Å²) in [6.45, 7) is 0. The van der Waals surface area contributed by atoms with Crippen molar-refractivity contribution in [2.75, 3.05) is 21.3 Å². The number of benzene rings is 1. The van der Waals surface area contributed by atoms with Gasteiger partial charge in [0.15, 0.2) is 0 Å². The monoisotopic (exact) mass is 352 g/mol. The number of ether oxygens (including phenoxy) is 3. The third-order valence-corrected chi connectivity index (χ3v) is 3.43. The third-order valence-electron chi connectivity index (χ3n) is 3.43. The first-order valence-electron chi connectivity index (χ1n) is 7.85. The van der Waals surface area contributed by atoms with Gasteiger partial charge in [-0.2, -0.15) is 5.10 Å². The van der Waals surface area contributed by atoms with Crippen molar-refractivity contribution >= 4 is 18.1 Å². The van der Waals surface area contributed by atoms with E-state index in [4.69, 9.17) is 19.3 Å². The Labute approximate surface area is 146 Å². The highest BCUT2D eigenvalue weighted by atomic mass is 16.5. The van der Waals surface area contributed by atoms with Gasteiger partial charge in [-0.15, -0.1) is 0 Å². The summed E-state index contributed by atoms with van der Waals surface area (Å²) in [4.78, 5) is 22.1. The van der Waals surface area contributed by atoms with Crippen molar-refractivity contribution in [1.29, 1.82) is 0 Å². The molecule has 8 heteroatoms. The Hall–Kier alpha value is -2.77. The molecule has 0 spiro atoms. The Bertz CT molecular complexity index is 590. The lowest BCUT2D eigenvalue weighted by molar-refractivity contribution is -0.137. The number of hydrazone groups is 1. The topological polar surface area (TPSA) is 106 Å². The zero-order valence-corrected chi connectivity index (χ0v) is 14.7. The van der Waals surface area contributed by atoms with E-state index in [1.165, 1.54) is 20.4 Å². The molecule has 0 aliphatic rings. The van der Waals surface area contributed by atoms with Crippen LogP contribution in [0.1, 0.15) is 37.7 Å². The molecule has 0 radical (unpaired) electrons. The Balaban J connectivity index is 2.57. The molecule has 0 heterocycles. The SMILES string of the molecule is COc1cc(OC)c(/C=N/NC(=O)CCCCCC(=O)O)c(OC)c1. The number of rotatable bonds is 11. The number of nitrogens with one attached hydrogen (secondary N) is 1. The van der Waals surface area contributed by atoms with E-state index in [1.807, 2.05) is 0 Å². The minimum atomic E-state index is -0.823. The van der Waals surface area contributed by atoms with E-state index in [0.717, 1.165) is 0 Å². The number of carboxylic acids is 1. The minimum absolute atomic E-state index is 0.122. The zero-order chi connectivity index (χ0) is 18.7. The maximum absolute atomic E-state index is 11.7. The van der Waals surface area contributed by atoms with Gasteiger partial charge in [0.2, 0.25) is 5.91 Å². The molecule has 1 aromatic carbocycles. The van der Waals surface area contributed by atoms with Gasteiger partial charge in [0.25, 0.3) is 0 Å². The van der Waals surface area contributed by atoms with Crippen LogP contribution in [-0.4, -0.2) is 44.5 Å². The van der Waals surface area contributed by atoms with Gasteiger partial charge in [-0.3, -0.25) is 9.59 Å². The Morgan fingerprint density at radius 3 is 2.16 bits per heavy atom. The summed E-state index contributed by atoms with van der Waals surface area (Å²) in [5.74, 6) is 0.524. The van der Waals surface area contributed by atoms with E-state index in [1.54, 1.807) is 19.2 Å². The van der Waals surface area contributed by atoms with E-state index in [9.17, 15) is 9.59 Å². The van der Waals surface area contributed by atoms with E-state index >= 15 is 0 Å². The number of amides is 1. The standard InChI is InChI=1S/C17H24N2O6/c1-23-12-9-14(24-2)13(15(10-12)25-3)11-18-19-16(20)7-5-4-6-8-17(21)22/h9-11H,4-8H2,1-3H3,(H,19,20)(H,21,22)/b18-11+. The average Bonchev–Trinajstić information content (AvgIpc) is 2.60. The predicted molar refractivity (Wildman–Crippen MR) is 92.6 cm³/mol. The van der Waals surface area contributed by atoms with Crippen molar-refractivity contribution in [1.82, 2.24) is 5.43 Å². The van der Waals surface area contributed by atoms with Crippen LogP contribution in [0.5, 0.6) is 17.2 Å². The van der Waals surface area contributed by atoms with Crippen LogP contribution in [0.25, 0.3) is 0 Å². The molecular formula is C17H24N2O6. The van der Waals surface area contributed by atoms with Crippen molar-refractivity contribution in [3.8, 4) is 17.2 Å². The van der Waals surface area contributed by atoms with Crippen LogP contribution in [0.3, 0.4) is 0 Å². The second kappa shape index (κ2) is 10.9. The highest BCUT2D eigenvalue weighted by Crippen LogP contribution is 2.32. The molecule has 0 saturated heterocycles. The lowest BCUT2D eigenvalue weighted by Gasteiger charge is -2.12. The van der Waals surface area contributed by atoms with E-state index < -0.39 is 5.97 Å². The first kappa shape index (κ1) is 20.3. The second-order valence-corrected chi connectivity index (χ2v) is 5.19. The quantitative estimate of drug-likeness (QED) is 0.359. The van der Waals surface area contributed by atoms with Crippen molar-refractivity contribution in [3.05, 3.63) is 17.7 Å². The van der Waals surface area contributed by atoms with Gasteiger partial charge >= 0.3 is 5.97 Å². The van der Waals surface area contributed by atoms with Crippen LogP contribution in [-0.2, 0) is 9.59 Å². The number of methoxy groups -OCH3 is 3. The first-order valence-corrected chi connectivity index (χ1v) is 7.85. The number of unbranched alkanes of at least 4 members (excludes halogenated alkanes) is 2. The summed E-state index contributed by atoms with van der Waals surface area (Å²) in [5, 5.41) is 12.5. The molecule has 0 aliphatic carbocycles. The molecule has 1 aromatic rings. The molecule has 8 nitrogen and oxygen atoms in total. The van der Waals surface area contributed by atoms with Crippen LogP contribution in [0.15, 0.2) is 17.2 Å². The molecule has 0 aromatic heterocycles. The largest absolute Gasteiger partial charge is 0.496 e. The van der Waals surface area contributed by atoms with Crippen molar-refractivity contribution in [2.45, 2.75) is 32.1 Å². The predicted octanol–water partition coefficient (Wildman–Crippen LogP) is 2.20. The molecule has 0 atom stereocenters. The normalized spacial score (nSPS) is 10.5. The summed E-state index contributed by atoms with van der Waals surface area (Å²) in [6, 6.07) is 3.38. The first-order chi connectivity index (χ1) is 12.0. The summed E-state index contributed by atoms with van der Waals surface area (Å²) < 4.78 is 15.7. The number of carbonyl (C=O) groups excluding carboxylic acids is 1. The van der Waals surface area contributed by atoms with Crippen LogP contribution >= 0.6 is 0 Å². The van der Waals surface area contributed by atoms with E-state index in [-0.39, 0.29) is 18.7 Å². The smallest absolute Gasteiger partial charge is 0.303 e. The summed E-state index contributed by atoms with van der Waals surface area (Å²) in [5.41, 5.74) is 3.01. The molecular weight excluding hydrogens is 328 g/mol. The van der Waals surface area contributed by atoms with Crippen molar-refractivity contribution < 1.29 is 28.9 Å². The third kappa shape index (κ3) is 7.11. The molecule has 2 N–H and O–H groups in total. The van der Waals surface area contributed by atoms with Gasteiger partial charge in [-0.25, -0.2) is 5.43 Å². The number of carbonyl (C=O) groups is 2. The number of hydrogen-bond donors (Lipinski definition) is 2. The van der Waals surface area contributed by atoms with E-state index in [2.05, 4.69) is 10.5 Å². The fourth-order valence-electron chi connectivity index (χ4n) is 2.12. The minimum Gasteiger partial charge on any atom is -0.496 e. The number of hydrogen-bond acceptors (Lipinski definition) is 6. The molecule has 1 rings (SSSR count). The van der Waals surface area contributed by atoms with Crippen LogP contribution < -0.4 is 19.6 Å². The number of nitrogens with zero attached hydrogens (tertiary/aromatic N) is 1. The Kier molecular flexibility index (Phi) is 8.84. The van der Waals surface area contributed by atoms with Crippen molar-refractivity contribution in [3.63, 3.8) is 0 Å². The average molecular weight is 352 g/mol.